The lowest BCUT2D eigenvalue weighted by Crippen LogP contribution is -2.71. The molecule has 0 aromatic rings. The maximum atomic E-state index is 12.0. The summed E-state index contributed by atoms with van der Waals surface area (Å²) in [6, 6.07) is 0. The van der Waals surface area contributed by atoms with E-state index in [0.717, 1.165) is 57.8 Å². The second-order valence-corrected chi connectivity index (χ2v) is 15.4. The average Bonchev–Trinajstić information content (AvgIpc) is 2.74. The van der Waals surface area contributed by atoms with Gasteiger partial charge in [-0.2, -0.15) is 0 Å². The predicted octanol–water partition coefficient (Wildman–Crippen LogP) is 6.13. The van der Waals surface area contributed by atoms with Crippen molar-refractivity contribution in [3.05, 3.63) is 0 Å². The summed E-state index contributed by atoms with van der Waals surface area (Å²) >= 11 is 0. The molecular formula is C30H50O4. The van der Waals surface area contributed by atoms with Gasteiger partial charge in [0, 0.05) is 5.92 Å². The van der Waals surface area contributed by atoms with E-state index >= 15 is 0 Å². The maximum Gasteiger partial charge on any atom is 0.293 e. The van der Waals surface area contributed by atoms with Crippen molar-refractivity contribution in [2.75, 3.05) is 0 Å². The number of aliphatic hydroxyl groups is 2. The zero-order valence-electron chi connectivity index (χ0n) is 22.8. The zero-order valence-corrected chi connectivity index (χ0v) is 22.8. The lowest BCUT2D eigenvalue weighted by Gasteiger charge is -2.74. The normalized spacial score (nSPS) is 55.7. The standard InChI is InChI=1S/C30H50O4/c1-25(2)12-14-30(34-18-31)15-13-29(7)24(19(30)17-25)20(32)16-22-27(5)10-9-23(33)26(3,4)21(27)8-11-28(22,29)6/h18-24,32-33H,8-17H2,1-7H3/t19-,20-,21+,22-,23+,24?,27+,28-,29-,30+/m1/s1. The first-order valence-corrected chi connectivity index (χ1v) is 14.1. The number of carbonyl (C=O) groups is 1. The summed E-state index contributed by atoms with van der Waals surface area (Å²) in [4.78, 5) is 11.7. The molecule has 194 valence electrons. The Labute approximate surface area is 207 Å². The fraction of sp³-hybridized carbons (Fsp3) is 0.967. The average molecular weight is 475 g/mol. The van der Waals surface area contributed by atoms with Gasteiger partial charge in [-0.25, -0.2) is 0 Å². The van der Waals surface area contributed by atoms with E-state index in [1.54, 1.807) is 0 Å². The summed E-state index contributed by atoms with van der Waals surface area (Å²) in [6.07, 6.45) is 9.52. The van der Waals surface area contributed by atoms with Gasteiger partial charge >= 0.3 is 0 Å². The molecule has 0 radical (unpaired) electrons. The monoisotopic (exact) mass is 474 g/mol. The van der Waals surface area contributed by atoms with Gasteiger partial charge in [0.1, 0.15) is 5.60 Å². The zero-order chi connectivity index (χ0) is 24.9. The highest BCUT2D eigenvalue weighted by Gasteiger charge is 2.72. The van der Waals surface area contributed by atoms with Crippen LogP contribution in [0.3, 0.4) is 0 Å². The molecule has 34 heavy (non-hydrogen) atoms. The minimum Gasteiger partial charge on any atom is -0.461 e. The Morgan fingerprint density at radius 3 is 2.15 bits per heavy atom. The van der Waals surface area contributed by atoms with Gasteiger partial charge in [0.25, 0.3) is 6.47 Å². The van der Waals surface area contributed by atoms with Crippen LogP contribution in [-0.2, 0) is 9.53 Å². The molecule has 5 fully saturated rings. The summed E-state index contributed by atoms with van der Waals surface area (Å²) in [5.74, 6) is 1.34. The molecule has 0 saturated heterocycles. The summed E-state index contributed by atoms with van der Waals surface area (Å²) in [5, 5.41) is 22.9. The van der Waals surface area contributed by atoms with Crippen LogP contribution in [0.1, 0.15) is 113 Å². The van der Waals surface area contributed by atoms with E-state index in [1.165, 1.54) is 6.42 Å². The Bertz CT molecular complexity index is 836. The van der Waals surface area contributed by atoms with Crippen LogP contribution < -0.4 is 0 Å². The van der Waals surface area contributed by atoms with Crippen molar-refractivity contribution in [3.63, 3.8) is 0 Å². The van der Waals surface area contributed by atoms with E-state index in [9.17, 15) is 15.0 Å². The maximum absolute atomic E-state index is 12.0. The highest BCUT2D eigenvalue weighted by molar-refractivity contribution is 5.39. The third-order valence-corrected chi connectivity index (χ3v) is 13.4. The van der Waals surface area contributed by atoms with Crippen LogP contribution in [0, 0.1) is 50.7 Å². The fourth-order valence-electron chi connectivity index (χ4n) is 11.3. The van der Waals surface area contributed by atoms with E-state index in [0.29, 0.717) is 18.3 Å². The number of carbonyl (C=O) groups excluding carboxylic acids is 1. The molecule has 5 rings (SSSR count). The summed E-state index contributed by atoms with van der Waals surface area (Å²) in [5.41, 5.74) is 0.0497. The molecular weight excluding hydrogens is 424 g/mol. The quantitative estimate of drug-likeness (QED) is 0.473. The van der Waals surface area contributed by atoms with E-state index in [-0.39, 0.29) is 51.1 Å². The molecule has 0 aliphatic heterocycles. The lowest BCUT2D eigenvalue weighted by atomic mass is 9.32. The van der Waals surface area contributed by atoms with Crippen LogP contribution in [0.15, 0.2) is 0 Å². The molecule has 0 bridgehead atoms. The molecule has 0 amide bonds. The topological polar surface area (TPSA) is 66.8 Å². The molecule has 0 spiro atoms. The molecule has 0 aromatic carbocycles. The van der Waals surface area contributed by atoms with Gasteiger partial charge in [-0.1, -0.05) is 48.5 Å². The fourth-order valence-corrected chi connectivity index (χ4v) is 11.3. The molecule has 5 aliphatic carbocycles. The van der Waals surface area contributed by atoms with Crippen molar-refractivity contribution in [2.45, 2.75) is 130 Å². The smallest absolute Gasteiger partial charge is 0.293 e. The Kier molecular flexibility index (Phi) is 5.50. The minimum atomic E-state index is -0.399. The van der Waals surface area contributed by atoms with Crippen molar-refractivity contribution < 1.29 is 19.7 Å². The SMILES string of the molecule is CC1(C)CC[C@]2(OC=O)CC[C@]3(C)C([C@H](O)C[C@@H]4[C@@]5(C)CC[C@H](O)C(C)(C)[C@@H]5CC[C@]43C)[C@H]2C1. The van der Waals surface area contributed by atoms with E-state index in [4.69, 9.17) is 4.74 Å². The van der Waals surface area contributed by atoms with Crippen LogP contribution in [-0.4, -0.2) is 34.5 Å². The van der Waals surface area contributed by atoms with Crippen molar-refractivity contribution >= 4 is 6.47 Å². The first-order valence-electron chi connectivity index (χ1n) is 14.1. The second-order valence-electron chi connectivity index (χ2n) is 15.4. The molecule has 4 nitrogen and oxygen atoms in total. The number of hydrogen-bond donors (Lipinski definition) is 2. The van der Waals surface area contributed by atoms with Crippen molar-refractivity contribution in [1.82, 2.24) is 0 Å². The second kappa shape index (κ2) is 7.46. The van der Waals surface area contributed by atoms with E-state index in [2.05, 4.69) is 48.5 Å². The molecule has 0 aromatic heterocycles. The largest absolute Gasteiger partial charge is 0.461 e. The van der Waals surface area contributed by atoms with Crippen LogP contribution in [0.4, 0.5) is 0 Å². The van der Waals surface area contributed by atoms with Gasteiger partial charge in [0.15, 0.2) is 0 Å². The number of rotatable bonds is 2. The minimum absolute atomic E-state index is 0.0251. The van der Waals surface area contributed by atoms with Crippen LogP contribution in [0.2, 0.25) is 0 Å². The molecule has 0 heterocycles. The van der Waals surface area contributed by atoms with E-state index < -0.39 is 5.60 Å². The Morgan fingerprint density at radius 2 is 1.47 bits per heavy atom. The van der Waals surface area contributed by atoms with Gasteiger partial charge in [-0.15, -0.1) is 0 Å². The number of aliphatic hydroxyl groups excluding tert-OH is 2. The number of ether oxygens (including phenoxy) is 1. The molecule has 5 aliphatic rings. The lowest BCUT2D eigenvalue weighted by molar-refractivity contribution is -0.288. The van der Waals surface area contributed by atoms with Gasteiger partial charge in [-0.3, -0.25) is 4.79 Å². The molecule has 5 saturated carbocycles. The van der Waals surface area contributed by atoms with Crippen LogP contribution in [0.25, 0.3) is 0 Å². The van der Waals surface area contributed by atoms with Gasteiger partial charge in [-0.05, 0) is 109 Å². The summed E-state index contributed by atoms with van der Waals surface area (Å²) in [7, 11) is 0. The van der Waals surface area contributed by atoms with Gasteiger partial charge in [0.05, 0.1) is 12.2 Å². The van der Waals surface area contributed by atoms with E-state index in [1.807, 2.05) is 0 Å². The van der Waals surface area contributed by atoms with Crippen molar-refractivity contribution in [3.8, 4) is 0 Å². The van der Waals surface area contributed by atoms with Crippen molar-refractivity contribution in [2.24, 2.45) is 50.7 Å². The summed E-state index contributed by atoms with van der Waals surface area (Å²) in [6.45, 7) is 17.5. The highest BCUT2D eigenvalue weighted by atomic mass is 16.5. The first kappa shape index (κ1) is 25.1. The third-order valence-electron chi connectivity index (χ3n) is 13.4. The molecule has 1 unspecified atom stereocenters. The van der Waals surface area contributed by atoms with Crippen LogP contribution in [0.5, 0.6) is 0 Å². The third kappa shape index (κ3) is 3.06. The molecule has 4 heteroatoms. The molecule has 10 atom stereocenters. The Morgan fingerprint density at radius 1 is 0.794 bits per heavy atom. The number of fused-ring (bicyclic) bond motifs is 7. The van der Waals surface area contributed by atoms with Crippen molar-refractivity contribution in [1.29, 1.82) is 0 Å². The predicted molar refractivity (Wildman–Crippen MR) is 134 cm³/mol. The number of hydrogen-bond acceptors (Lipinski definition) is 4. The van der Waals surface area contributed by atoms with Gasteiger partial charge in [0.2, 0.25) is 0 Å². The Hall–Kier alpha value is -0.610. The Balaban J connectivity index is 1.57. The summed E-state index contributed by atoms with van der Waals surface area (Å²) < 4.78 is 6.00. The molecule has 2 N–H and O–H groups in total. The van der Waals surface area contributed by atoms with Gasteiger partial charge < -0.3 is 14.9 Å². The first-order chi connectivity index (χ1) is 15.7. The highest BCUT2D eigenvalue weighted by Crippen LogP contribution is 2.76. The van der Waals surface area contributed by atoms with Crippen LogP contribution >= 0.6 is 0 Å².